The van der Waals surface area contributed by atoms with Gasteiger partial charge in [0.1, 0.15) is 5.82 Å². The van der Waals surface area contributed by atoms with E-state index >= 15 is 0 Å². The van der Waals surface area contributed by atoms with Crippen LogP contribution in [-0.2, 0) is 23.1 Å². The van der Waals surface area contributed by atoms with Crippen LogP contribution in [0.1, 0.15) is 19.2 Å². The number of hydrogen-bond donors (Lipinski definition) is 0. The number of methoxy groups -OCH3 is 1. The zero-order valence-corrected chi connectivity index (χ0v) is 10.1. The fourth-order valence-electron chi connectivity index (χ4n) is 1.53. The lowest BCUT2D eigenvalue weighted by Crippen LogP contribution is -2.31. The van der Waals surface area contributed by atoms with Crippen LogP contribution in [0.2, 0.25) is 0 Å². The maximum atomic E-state index is 11.2. The third-order valence-corrected chi connectivity index (χ3v) is 2.41. The Balaban J connectivity index is 2.57. The van der Waals surface area contributed by atoms with E-state index in [1.165, 1.54) is 7.11 Å². The highest BCUT2D eigenvalue weighted by Gasteiger charge is 2.12. The summed E-state index contributed by atoms with van der Waals surface area (Å²) in [5, 5.41) is 0. The van der Waals surface area contributed by atoms with Gasteiger partial charge in [0.15, 0.2) is 0 Å². The fraction of sp³-hybridized carbons (Fsp3) is 0.636. The lowest BCUT2D eigenvalue weighted by molar-refractivity contribution is -0.142. The molecule has 1 aromatic rings. The maximum absolute atomic E-state index is 11.2. The first-order valence-electron chi connectivity index (χ1n) is 5.42. The van der Waals surface area contributed by atoms with Gasteiger partial charge in [-0.25, -0.2) is 4.98 Å². The van der Waals surface area contributed by atoms with E-state index in [1.54, 1.807) is 6.20 Å². The summed E-state index contributed by atoms with van der Waals surface area (Å²) in [5.74, 6) is 0.750. The molecule has 16 heavy (non-hydrogen) atoms. The second-order valence-corrected chi connectivity index (χ2v) is 3.74. The molecule has 90 valence electrons. The van der Waals surface area contributed by atoms with Crippen molar-refractivity contribution in [2.45, 2.75) is 19.9 Å². The van der Waals surface area contributed by atoms with Crippen LogP contribution in [0.15, 0.2) is 12.4 Å². The number of aryl methyl sites for hydroxylation is 1. The number of ether oxygens (including phenoxy) is 1. The molecule has 0 N–H and O–H groups in total. The molecular formula is C11H19N3O2. The standard InChI is InChI=1S/C11H19N3O2/c1-4-6-14(9-11(15)16-3)8-10-12-5-7-13(10)2/h5,7H,4,6,8-9H2,1-3H3. The number of carbonyl (C=O) groups is 1. The molecule has 0 atom stereocenters. The smallest absolute Gasteiger partial charge is 0.319 e. The Bertz CT molecular complexity index is 336. The van der Waals surface area contributed by atoms with Gasteiger partial charge in [-0.2, -0.15) is 0 Å². The van der Waals surface area contributed by atoms with Crippen LogP contribution in [0.3, 0.4) is 0 Å². The Morgan fingerprint density at radius 1 is 1.62 bits per heavy atom. The van der Waals surface area contributed by atoms with Crippen molar-refractivity contribution in [3.8, 4) is 0 Å². The highest BCUT2D eigenvalue weighted by atomic mass is 16.5. The highest BCUT2D eigenvalue weighted by molar-refractivity contribution is 5.71. The van der Waals surface area contributed by atoms with Crippen LogP contribution in [0.25, 0.3) is 0 Å². The van der Waals surface area contributed by atoms with E-state index in [0.29, 0.717) is 13.1 Å². The second-order valence-electron chi connectivity index (χ2n) is 3.74. The minimum absolute atomic E-state index is 0.206. The number of esters is 1. The predicted molar refractivity (Wildman–Crippen MR) is 60.8 cm³/mol. The molecule has 5 nitrogen and oxygen atoms in total. The topological polar surface area (TPSA) is 47.4 Å². The molecule has 0 fully saturated rings. The Kier molecular flexibility index (Phi) is 4.98. The number of nitrogens with zero attached hydrogens (tertiary/aromatic N) is 3. The molecule has 1 aromatic heterocycles. The molecular weight excluding hydrogens is 206 g/mol. The Morgan fingerprint density at radius 3 is 2.88 bits per heavy atom. The number of aromatic nitrogens is 2. The van der Waals surface area contributed by atoms with E-state index in [2.05, 4.69) is 16.6 Å². The summed E-state index contributed by atoms with van der Waals surface area (Å²) < 4.78 is 6.63. The van der Waals surface area contributed by atoms with Crippen LogP contribution < -0.4 is 0 Å². The van der Waals surface area contributed by atoms with E-state index in [0.717, 1.165) is 18.8 Å². The Labute approximate surface area is 96.0 Å². The van der Waals surface area contributed by atoms with Gasteiger partial charge in [0, 0.05) is 19.4 Å². The van der Waals surface area contributed by atoms with Crippen LogP contribution in [0.4, 0.5) is 0 Å². The summed E-state index contributed by atoms with van der Waals surface area (Å²) in [7, 11) is 3.36. The van der Waals surface area contributed by atoms with Crippen molar-refractivity contribution in [2.24, 2.45) is 7.05 Å². The van der Waals surface area contributed by atoms with Gasteiger partial charge < -0.3 is 9.30 Å². The quantitative estimate of drug-likeness (QED) is 0.672. The van der Waals surface area contributed by atoms with Gasteiger partial charge in [-0.15, -0.1) is 0 Å². The van der Waals surface area contributed by atoms with E-state index < -0.39 is 0 Å². The first kappa shape index (κ1) is 12.7. The van der Waals surface area contributed by atoms with Gasteiger partial charge in [0.25, 0.3) is 0 Å². The summed E-state index contributed by atoms with van der Waals surface area (Å²) in [6.45, 7) is 3.94. The summed E-state index contributed by atoms with van der Waals surface area (Å²) in [6, 6.07) is 0. The maximum Gasteiger partial charge on any atom is 0.319 e. The number of hydrogen-bond acceptors (Lipinski definition) is 4. The lowest BCUT2D eigenvalue weighted by Gasteiger charge is -2.19. The van der Waals surface area contributed by atoms with Gasteiger partial charge in [-0.05, 0) is 13.0 Å². The summed E-state index contributed by atoms with van der Waals surface area (Å²) in [5.41, 5.74) is 0. The summed E-state index contributed by atoms with van der Waals surface area (Å²) in [6.07, 6.45) is 4.66. The first-order chi connectivity index (χ1) is 7.67. The van der Waals surface area contributed by atoms with Crippen LogP contribution >= 0.6 is 0 Å². The molecule has 1 rings (SSSR count). The van der Waals surface area contributed by atoms with Crippen LogP contribution in [0, 0.1) is 0 Å². The van der Waals surface area contributed by atoms with Crippen molar-refractivity contribution in [3.63, 3.8) is 0 Å². The largest absolute Gasteiger partial charge is 0.468 e. The first-order valence-corrected chi connectivity index (χ1v) is 5.42. The molecule has 1 heterocycles. The van der Waals surface area contributed by atoms with Gasteiger partial charge in [0.05, 0.1) is 20.2 Å². The third-order valence-electron chi connectivity index (χ3n) is 2.41. The summed E-state index contributed by atoms with van der Waals surface area (Å²) >= 11 is 0. The Hall–Kier alpha value is -1.36. The number of imidazole rings is 1. The van der Waals surface area contributed by atoms with E-state index in [1.807, 2.05) is 22.7 Å². The van der Waals surface area contributed by atoms with Crippen LogP contribution in [-0.4, -0.2) is 40.6 Å². The Morgan fingerprint density at radius 2 is 2.38 bits per heavy atom. The molecule has 0 radical (unpaired) electrons. The molecule has 0 aromatic carbocycles. The van der Waals surface area contributed by atoms with Crippen LogP contribution in [0.5, 0.6) is 0 Å². The van der Waals surface area contributed by atoms with Crippen molar-refractivity contribution < 1.29 is 9.53 Å². The number of carbonyl (C=O) groups excluding carboxylic acids is 1. The lowest BCUT2D eigenvalue weighted by atomic mass is 10.4. The molecule has 0 spiro atoms. The predicted octanol–water partition coefficient (Wildman–Crippen LogP) is 0.805. The number of rotatable bonds is 6. The third kappa shape index (κ3) is 3.66. The highest BCUT2D eigenvalue weighted by Crippen LogP contribution is 2.02. The molecule has 0 aliphatic carbocycles. The minimum Gasteiger partial charge on any atom is -0.468 e. The monoisotopic (exact) mass is 225 g/mol. The average molecular weight is 225 g/mol. The second kappa shape index (κ2) is 6.27. The fourth-order valence-corrected chi connectivity index (χ4v) is 1.53. The van der Waals surface area contributed by atoms with Gasteiger partial charge in [0.2, 0.25) is 0 Å². The molecule has 0 saturated heterocycles. The zero-order chi connectivity index (χ0) is 12.0. The minimum atomic E-state index is -0.206. The van der Waals surface area contributed by atoms with E-state index in [4.69, 9.17) is 0 Å². The van der Waals surface area contributed by atoms with Crippen molar-refractivity contribution in [3.05, 3.63) is 18.2 Å². The van der Waals surface area contributed by atoms with Crippen molar-refractivity contribution in [2.75, 3.05) is 20.2 Å². The molecule has 0 aliphatic heterocycles. The molecule has 0 aliphatic rings. The molecule has 0 amide bonds. The molecule has 0 bridgehead atoms. The van der Waals surface area contributed by atoms with Crippen molar-refractivity contribution in [1.29, 1.82) is 0 Å². The zero-order valence-electron chi connectivity index (χ0n) is 10.1. The van der Waals surface area contributed by atoms with Crippen molar-refractivity contribution >= 4 is 5.97 Å². The van der Waals surface area contributed by atoms with E-state index in [9.17, 15) is 4.79 Å². The normalized spacial score (nSPS) is 10.8. The summed E-state index contributed by atoms with van der Waals surface area (Å²) in [4.78, 5) is 17.5. The van der Waals surface area contributed by atoms with Gasteiger partial charge >= 0.3 is 5.97 Å². The average Bonchev–Trinajstić information content (AvgIpc) is 2.64. The molecule has 0 unspecified atom stereocenters. The van der Waals surface area contributed by atoms with Gasteiger partial charge in [-0.3, -0.25) is 9.69 Å². The van der Waals surface area contributed by atoms with Crippen molar-refractivity contribution in [1.82, 2.24) is 14.5 Å². The van der Waals surface area contributed by atoms with Gasteiger partial charge in [-0.1, -0.05) is 6.92 Å². The molecule has 5 heteroatoms. The molecule has 0 saturated carbocycles. The SMILES string of the molecule is CCCN(CC(=O)OC)Cc1nccn1C. The van der Waals surface area contributed by atoms with E-state index in [-0.39, 0.29) is 5.97 Å².